The molecular formula is C17H20N2O2. The second kappa shape index (κ2) is 6.12. The Morgan fingerprint density at radius 3 is 2.76 bits per heavy atom. The number of ketones is 1. The van der Waals surface area contributed by atoms with E-state index in [0.29, 0.717) is 13.2 Å². The number of hydrogen-bond acceptors (Lipinski definition) is 3. The number of rotatable bonds is 5. The monoisotopic (exact) mass is 284 g/mol. The van der Waals surface area contributed by atoms with Crippen molar-refractivity contribution >= 4 is 5.78 Å². The van der Waals surface area contributed by atoms with Crippen molar-refractivity contribution in [1.29, 1.82) is 0 Å². The third-order valence-corrected chi connectivity index (χ3v) is 3.91. The van der Waals surface area contributed by atoms with Gasteiger partial charge in [-0.15, -0.1) is 0 Å². The highest BCUT2D eigenvalue weighted by atomic mass is 16.5. The number of aromatic nitrogens is 2. The van der Waals surface area contributed by atoms with Crippen LogP contribution in [0.15, 0.2) is 30.6 Å². The summed E-state index contributed by atoms with van der Waals surface area (Å²) in [5.74, 6) is 0.915. The van der Waals surface area contributed by atoms with E-state index in [0.717, 1.165) is 24.2 Å². The summed E-state index contributed by atoms with van der Waals surface area (Å²) in [6.45, 7) is 2.95. The first-order valence-corrected chi connectivity index (χ1v) is 7.57. The van der Waals surface area contributed by atoms with Gasteiger partial charge in [-0.25, -0.2) is 4.98 Å². The molecule has 4 heteroatoms. The molecule has 0 atom stereocenters. The lowest BCUT2D eigenvalue weighted by Crippen LogP contribution is -2.14. The van der Waals surface area contributed by atoms with E-state index in [1.54, 1.807) is 0 Å². The van der Waals surface area contributed by atoms with E-state index in [1.165, 1.54) is 24.2 Å². The summed E-state index contributed by atoms with van der Waals surface area (Å²) in [7, 11) is 0. The molecule has 0 amide bonds. The number of imidazole rings is 1. The minimum atomic E-state index is 0.115. The maximum atomic E-state index is 12.4. The zero-order valence-electron chi connectivity index (χ0n) is 12.3. The minimum Gasteiger partial charge on any atom is -0.494 e. The first-order chi connectivity index (χ1) is 10.3. The van der Waals surface area contributed by atoms with Crippen LogP contribution in [0.2, 0.25) is 0 Å². The van der Waals surface area contributed by atoms with Gasteiger partial charge < -0.3 is 9.30 Å². The molecule has 4 nitrogen and oxygen atoms in total. The minimum absolute atomic E-state index is 0.115. The molecule has 0 spiro atoms. The van der Waals surface area contributed by atoms with Crippen LogP contribution in [0.4, 0.5) is 0 Å². The van der Waals surface area contributed by atoms with Crippen molar-refractivity contribution in [3.05, 3.63) is 47.5 Å². The van der Waals surface area contributed by atoms with Gasteiger partial charge >= 0.3 is 0 Å². The SMILES string of the molecule is CCOc1ccc(C(=O)Cn2cnc3c2CCCC3)cc1. The summed E-state index contributed by atoms with van der Waals surface area (Å²) < 4.78 is 7.40. The molecule has 1 aromatic carbocycles. The molecule has 0 aliphatic heterocycles. The van der Waals surface area contributed by atoms with Gasteiger partial charge in [0.2, 0.25) is 0 Å². The Balaban J connectivity index is 1.72. The normalized spacial score (nSPS) is 13.8. The van der Waals surface area contributed by atoms with Crippen LogP contribution < -0.4 is 4.74 Å². The van der Waals surface area contributed by atoms with E-state index in [1.807, 2.05) is 42.1 Å². The van der Waals surface area contributed by atoms with Crippen LogP contribution in [0.1, 0.15) is 41.5 Å². The van der Waals surface area contributed by atoms with E-state index < -0.39 is 0 Å². The number of fused-ring (bicyclic) bond motifs is 1. The lowest BCUT2D eigenvalue weighted by Gasteiger charge is -2.13. The number of hydrogen-bond donors (Lipinski definition) is 0. The molecule has 110 valence electrons. The van der Waals surface area contributed by atoms with Gasteiger partial charge in [0.1, 0.15) is 5.75 Å². The lowest BCUT2D eigenvalue weighted by atomic mass is 10.0. The number of ether oxygens (including phenoxy) is 1. The van der Waals surface area contributed by atoms with Gasteiger partial charge in [-0.3, -0.25) is 4.79 Å². The van der Waals surface area contributed by atoms with Crippen molar-refractivity contribution < 1.29 is 9.53 Å². The van der Waals surface area contributed by atoms with Crippen molar-refractivity contribution in [3.63, 3.8) is 0 Å². The fourth-order valence-corrected chi connectivity index (χ4v) is 2.82. The Kier molecular flexibility index (Phi) is 4.04. The maximum Gasteiger partial charge on any atom is 0.182 e. The fourth-order valence-electron chi connectivity index (χ4n) is 2.82. The molecule has 3 rings (SSSR count). The number of aryl methyl sites for hydroxylation is 1. The molecule has 0 fully saturated rings. The van der Waals surface area contributed by atoms with Gasteiger partial charge in [-0.05, 0) is 56.9 Å². The Hall–Kier alpha value is -2.10. The first kappa shape index (κ1) is 13.9. The summed E-state index contributed by atoms with van der Waals surface area (Å²) >= 11 is 0. The second-order valence-electron chi connectivity index (χ2n) is 5.35. The molecule has 1 aliphatic rings. The Bertz CT molecular complexity index is 629. The molecule has 0 N–H and O–H groups in total. The first-order valence-electron chi connectivity index (χ1n) is 7.57. The molecule has 21 heavy (non-hydrogen) atoms. The van der Waals surface area contributed by atoms with Crippen molar-refractivity contribution in [2.45, 2.75) is 39.2 Å². The molecule has 1 aromatic heterocycles. The van der Waals surface area contributed by atoms with Gasteiger partial charge in [-0.2, -0.15) is 0 Å². The Morgan fingerprint density at radius 2 is 2.00 bits per heavy atom. The molecule has 2 aromatic rings. The molecule has 1 aliphatic carbocycles. The van der Waals surface area contributed by atoms with Gasteiger partial charge in [0.05, 0.1) is 25.2 Å². The quantitative estimate of drug-likeness (QED) is 0.793. The van der Waals surface area contributed by atoms with Crippen LogP contribution in [0.5, 0.6) is 5.75 Å². The average Bonchev–Trinajstić information content (AvgIpc) is 2.92. The largest absolute Gasteiger partial charge is 0.494 e. The molecule has 0 bridgehead atoms. The fraction of sp³-hybridized carbons (Fsp3) is 0.412. The molecule has 0 radical (unpaired) electrons. The number of nitrogens with zero attached hydrogens (tertiary/aromatic N) is 2. The molecule has 1 heterocycles. The standard InChI is InChI=1S/C17H20N2O2/c1-2-21-14-9-7-13(8-10-14)17(20)11-19-12-18-15-5-3-4-6-16(15)19/h7-10,12H,2-6,11H2,1H3. The van der Waals surface area contributed by atoms with Crippen molar-refractivity contribution in [2.75, 3.05) is 6.61 Å². The van der Waals surface area contributed by atoms with Gasteiger partial charge in [0, 0.05) is 11.3 Å². The van der Waals surface area contributed by atoms with Gasteiger partial charge in [0.25, 0.3) is 0 Å². The van der Waals surface area contributed by atoms with E-state index in [4.69, 9.17) is 4.74 Å². The third-order valence-electron chi connectivity index (χ3n) is 3.91. The van der Waals surface area contributed by atoms with Crippen LogP contribution in [0.3, 0.4) is 0 Å². The summed E-state index contributed by atoms with van der Waals surface area (Å²) in [4.78, 5) is 16.8. The van der Waals surface area contributed by atoms with Gasteiger partial charge in [0.15, 0.2) is 5.78 Å². The van der Waals surface area contributed by atoms with Crippen LogP contribution in [0.25, 0.3) is 0 Å². The maximum absolute atomic E-state index is 12.4. The van der Waals surface area contributed by atoms with Crippen molar-refractivity contribution in [3.8, 4) is 5.75 Å². The van der Waals surface area contributed by atoms with E-state index in [-0.39, 0.29) is 5.78 Å². The van der Waals surface area contributed by atoms with E-state index >= 15 is 0 Å². The van der Waals surface area contributed by atoms with Crippen LogP contribution in [-0.4, -0.2) is 21.9 Å². The topological polar surface area (TPSA) is 44.1 Å². The van der Waals surface area contributed by atoms with Crippen LogP contribution in [0, 0.1) is 0 Å². The highest BCUT2D eigenvalue weighted by Crippen LogP contribution is 2.20. The predicted molar refractivity (Wildman–Crippen MR) is 80.8 cm³/mol. The molecule has 0 unspecified atom stereocenters. The second-order valence-corrected chi connectivity index (χ2v) is 5.35. The number of Topliss-reactive ketones (excluding diaryl/α,β-unsaturated/α-hetero) is 1. The molecule has 0 saturated carbocycles. The molecule has 0 saturated heterocycles. The molecular weight excluding hydrogens is 264 g/mol. The zero-order valence-corrected chi connectivity index (χ0v) is 12.3. The average molecular weight is 284 g/mol. The highest BCUT2D eigenvalue weighted by Gasteiger charge is 2.17. The van der Waals surface area contributed by atoms with Gasteiger partial charge in [-0.1, -0.05) is 0 Å². The summed E-state index contributed by atoms with van der Waals surface area (Å²) in [5, 5.41) is 0. The Labute approximate surface area is 124 Å². The zero-order chi connectivity index (χ0) is 14.7. The predicted octanol–water partition coefficient (Wildman–Crippen LogP) is 3.04. The lowest BCUT2D eigenvalue weighted by molar-refractivity contribution is 0.0971. The van der Waals surface area contributed by atoms with Crippen LogP contribution >= 0.6 is 0 Å². The summed E-state index contributed by atoms with van der Waals surface area (Å²) in [6, 6.07) is 7.35. The third kappa shape index (κ3) is 2.99. The highest BCUT2D eigenvalue weighted by molar-refractivity contribution is 5.96. The van der Waals surface area contributed by atoms with E-state index in [9.17, 15) is 4.79 Å². The number of benzene rings is 1. The van der Waals surface area contributed by atoms with Crippen LogP contribution in [-0.2, 0) is 19.4 Å². The summed E-state index contributed by atoms with van der Waals surface area (Å²) in [5.41, 5.74) is 3.12. The number of carbonyl (C=O) groups is 1. The number of carbonyl (C=O) groups excluding carboxylic acids is 1. The van der Waals surface area contributed by atoms with Crippen molar-refractivity contribution in [1.82, 2.24) is 9.55 Å². The summed E-state index contributed by atoms with van der Waals surface area (Å²) in [6.07, 6.45) is 6.28. The van der Waals surface area contributed by atoms with Crippen molar-refractivity contribution in [2.24, 2.45) is 0 Å². The van der Waals surface area contributed by atoms with E-state index in [2.05, 4.69) is 4.98 Å². The smallest absolute Gasteiger partial charge is 0.182 e. The Morgan fingerprint density at radius 1 is 1.24 bits per heavy atom.